The van der Waals surface area contributed by atoms with Gasteiger partial charge >= 0.3 is 0 Å². The number of hydrogen-bond acceptors (Lipinski definition) is 4. The summed E-state index contributed by atoms with van der Waals surface area (Å²) >= 11 is 1.72. The molecule has 0 aliphatic carbocycles. The molecule has 1 fully saturated rings. The van der Waals surface area contributed by atoms with Crippen LogP contribution in [0.15, 0.2) is 0 Å². The minimum absolute atomic E-state index is 0.0102. The van der Waals surface area contributed by atoms with Gasteiger partial charge in [0.1, 0.15) is 0 Å². The highest BCUT2D eigenvalue weighted by molar-refractivity contribution is 7.99. The zero-order valence-electron chi connectivity index (χ0n) is 10.8. The fraction of sp³-hybridized carbons (Fsp3) is 1.00. The fourth-order valence-corrected chi connectivity index (χ4v) is 2.93. The quantitative estimate of drug-likeness (QED) is 0.775. The first-order chi connectivity index (χ1) is 7.48. The van der Waals surface area contributed by atoms with Gasteiger partial charge in [-0.05, 0) is 39.9 Å². The minimum atomic E-state index is -0.0102. The predicted octanol–water partition coefficient (Wildman–Crippen LogP) is 1.65. The minimum Gasteiger partial charge on any atom is -0.395 e. The summed E-state index contributed by atoms with van der Waals surface area (Å²) in [5, 5.41) is 13.1. The molecule has 0 radical (unpaired) electrons. The standard InChI is InChI=1S/C12H25NO2S/c1-9(11(8-14)16-4)13-10-5-6-15-12(2,3)7-10/h9-11,13-14H,5-8H2,1-4H3. The summed E-state index contributed by atoms with van der Waals surface area (Å²) < 4.78 is 5.70. The number of hydrogen-bond donors (Lipinski definition) is 2. The van der Waals surface area contributed by atoms with Crippen LogP contribution in [0.4, 0.5) is 0 Å². The SMILES string of the molecule is CSC(CO)C(C)NC1CCOC(C)(C)C1. The van der Waals surface area contributed by atoms with Crippen LogP contribution in [-0.2, 0) is 4.74 Å². The van der Waals surface area contributed by atoms with Crippen molar-refractivity contribution in [1.29, 1.82) is 0 Å². The second-order valence-electron chi connectivity index (χ2n) is 5.21. The summed E-state index contributed by atoms with van der Waals surface area (Å²) in [6.45, 7) is 7.51. The monoisotopic (exact) mass is 247 g/mol. The van der Waals surface area contributed by atoms with Gasteiger partial charge in [0.15, 0.2) is 0 Å². The second kappa shape index (κ2) is 6.24. The van der Waals surface area contributed by atoms with E-state index < -0.39 is 0 Å². The van der Waals surface area contributed by atoms with Gasteiger partial charge in [-0.15, -0.1) is 0 Å². The molecule has 4 heteroatoms. The maximum Gasteiger partial charge on any atom is 0.0641 e. The van der Waals surface area contributed by atoms with E-state index in [1.165, 1.54) is 0 Å². The van der Waals surface area contributed by atoms with Crippen LogP contribution in [0.2, 0.25) is 0 Å². The Labute approximate surface area is 103 Å². The Balaban J connectivity index is 2.41. The van der Waals surface area contributed by atoms with Gasteiger partial charge in [0.05, 0.1) is 12.2 Å². The van der Waals surface area contributed by atoms with Gasteiger partial charge in [-0.25, -0.2) is 0 Å². The molecule has 1 aliphatic heterocycles. The van der Waals surface area contributed by atoms with Crippen molar-refractivity contribution in [2.75, 3.05) is 19.5 Å². The predicted molar refractivity (Wildman–Crippen MR) is 70.0 cm³/mol. The molecule has 16 heavy (non-hydrogen) atoms. The van der Waals surface area contributed by atoms with Gasteiger partial charge < -0.3 is 15.2 Å². The van der Waals surface area contributed by atoms with Crippen LogP contribution >= 0.6 is 11.8 Å². The first-order valence-electron chi connectivity index (χ1n) is 6.02. The molecule has 0 aromatic rings. The van der Waals surface area contributed by atoms with Crippen molar-refractivity contribution >= 4 is 11.8 Å². The van der Waals surface area contributed by atoms with Crippen LogP contribution < -0.4 is 5.32 Å². The Morgan fingerprint density at radius 2 is 2.25 bits per heavy atom. The van der Waals surface area contributed by atoms with Gasteiger partial charge in [0.25, 0.3) is 0 Å². The normalized spacial score (nSPS) is 28.7. The molecule has 0 aromatic heterocycles. The van der Waals surface area contributed by atoms with Crippen molar-refractivity contribution in [1.82, 2.24) is 5.32 Å². The lowest BCUT2D eigenvalue weighted by atomic mass is 9.93. The zero-order valence-corrected chi connectivity index (χ0v) is 11.6. The summed E-state index contributed by atoms with van der Waals surface area (Å²) in [7, 11) is 0. The highest BCUT2D eigenvalue weighted by Crippen LogP contribution is 2.25. The van der Waals surface area contributed by atoms with E-state index in [2.05, 4.69) is 26.1 Å². The average molecular weight is 247 g/mol. The van der Waals surface area contributed by atoms with Crippen molar-refractivity contribution in [2.45, 2.75) is 56.5 Å². The summed E-state index contributed by atoms with van der Waals surface area (Å²) in [5.74, 6) is 0. The maximum absolute atomic E-state index is 9.24. The highest BCUT2D eigenvalue weighted by atomic mass is 32.2. The van der Waals surface area contributed by atoms with E-state index >= 15 is 0 Å². The summed E-state index contributed by atoms with van der Waals surface area (Å²) in [6.07, 6.45) is 4.16. The first-order valence-corrected chi connectivity index (χ1v) is 7.31. The molecule has 1 heterocycles. The molecule has 96 valence electrons. The lowest BCUT2D eigenvalue weighted by molar-refractivity contribution is -0.0640. The Kier molecular flexibility index (Phi) is 5.57. The Hall–Kier alpha value is 0.230. The average Bonchev–Trinajstić information content (AvgIpc) is 2.17. The summed E-state index contributed by atoms with van der Waals surface area (Å²) in [6, 6.07) is 0.860. The van der Waals surface area contributed by atoms with Gasteiger partial charge in [-0.2, -0.15) is 11.8 Å². The largest absolute Gasteiger partial charge is 0.395 e. The number of aliphatic hydroxyl groups is 1. The van der Waals surface area contributed by atoms with Crippen LogP contribution in [-0.4, -0.2) is 47.5 Å². The molecule has 3 nitrogen and oxygen atoms in total. The third-order valence-electron chi connectivity index (χ3n) is 3.24. The van der Waals surface area contributed by atoms with E-state index in [0.717, 1.165) is 19.4 Å². The number of aliphatic hydroxyl groups excluding tert-OH is 1. The Bertz CT molecular complexity index is 207. The first kappa shape index (κ1) is 14.3. The lowest BCUT2D eigenvalue weighted by Crippen LogP contribution is -2.49. The molecular weight excluding hydrogens is 222 g/mol. The van der Waals surface area contributed by atoms with Crippen molar-refractivity contribution in [3.63, 3.8) is 0 Å². The van der Waals surface area contributed by atoms with Crippen LogP contribution in [0.3, 0.4) is 0 Å². The van der Waals surface area contributed by atoms with Crippen LogP contribution in [0, 0.1) is 0 Å². The Morgan fingerprint density at radius 1 is 1.56 bits per heavy atom. The topological polar surface area (TPSA) is 41.5 Å². The van der Waals surface area contributed by atoms with Gasteiger partial charge in [0.2, 0.25) is 0 Å². The zero-order chi connectivity index (χ0) is 12.2. The van der Waals surface area contributed by atoms with Crippen molar-refractivity contribution in [3.8, 4) is 0 Å². The molecule has 1 aliphatic rings. The number of thioether (sulfide) groups is 1. The van der Waals surface area contributed by atoms with Crippen molar-refractivity contribution in [3.05, 3.63) is 0 Å². The van der Waals surface area contributed by atoms with Gasteiger partial charge in [-0.1, -0.05) is 0 Å². The molecule has 0 bridgehead atoms. The molecule has 1 saturated heterocycles. The summed E-state index contributed by atoms with van der Waals surface area (Å²) in [4.78, 5) is 0. The summed E-state index contributed by atoms with van der Waals surface area (Å²) in [5.41, 5.74) is -0.0102. The van der Waals surface area contributed by atoms with Crippen LogP contribution in [0.5, 0.6) is 0 Å². The van der Waals surface area contributed by atoms with E-state index in [1.807, 2.05) is 6.26 Å². The highest BCUT2D eigenvalue weighted by Gasteiger charge is 2.30. The molecule has 1 rings (SSSR count). The lowest BCUT2D eigenvalue weighted by Gasteiger charge is -2.38. The Morgan fingerprint density at radius 3 is 2.75 bits per heavy atom. The molecular formula is C12H25NO2S. The van der Waals surface area contributed by atoms with Crippen LogP contribution in [0.25, 0.3) is 0 Å². The molecule has 3 unspecified atom stereocenters. The second-order valence-corrected chi connectivity index (χ2v) is 6.29. The van der Waals surface area contributed by atoms with E-state index in [4.69, 9.17) is 4.74 Å². The smallest absolute Gasteiger partial charge is 0.0641 e. The number of nitrogens with one attached hydrogen (secondary N) is 1. The molecule has 2 N–H and O–H groups in total. The third kappa shape index (κ3) is 4.24. The van der Waals surface area contributed by atoms with Crippen molar-refractivity contribution in [2.24, 2.45) is 0 Å². The van der Waals surface area contributed by atoms with E-state index in [1.54, 1.807) is 11.8 Å². The van der Waals surface area contributed by atoms with E-state index in [0.29, 0.717) is 12.1 Å². The molecule has 0 spiro atoms. The molecule has 3 atom stereocenters. The van der Waals surface area contributed by atoms with Crippen LogP contribution in [0.1, 0.15) is 33.6 Å². The van der Waals surface area contributed by atoms with E-state index in [9.17, 15) is 5.11 Å². The van der Waals surface area contributed by atoms with Gasteiger partial charge in [-0.3, -0.25) is 0 Å². The molecule has 0 saturated carbocycles. The van der Waals surface area contributed by atoms with Gasteiger partial charge in [0, 0.05) is 23.9 Å². The maximum atomic E-state index is 9.24. The van der Waals surface area contributed by atoms with Crippen molar-refractivity contribution < 1.29 is 9.84 Å². The fourth-order valence-electron chi connectivity index (χ4n) is 2.29. The van der Waals surface area contributed by atoms with E-state index in [-0.39, 0.29) is 17.5 Å². The number of rotatable bonds is 5. The molecule has 0 aromatic carbocycles. The number of ether oxygens (including phenoxy) is 1. The third-order valence-corrected chi connectivity index (χ3v) is 4.40. The molecule has 0 amide bonds.